The van der Waals surface area contributed by atoms with E-state index in [9.17, 15) is 8.42 Å². The number of sulfonamides is 1. The van der Waals surface area contributed by atoms with Crippen molar-refractivity contribution in [2.75, 3.05) is 18.4 Å². The van der Waals surface area contributed by atoms with Gasteiger partial charge in [-0.1, -0.05) is 17.7 Å². The Hall–Kier alpha value is -1.79. The van der Waals surface area contributed by atoms with E-state index in [-0.39, 0.29) is 4.90 Å². The first kappa shape index (κ1) is 15.6. The van der Waals surface area contributed by atoms with Crippen LogP contribution in [0.3, 0.4) is 0 Å². The smallest absolute Gasteiger partial charge is 0.265 e. The van der Waals surface area contributed by atoms with Gasteiger partial charge in [0.15, 0.2) is 0 Å². The summed E-state index contributed by atoms with van der Waals surface area (Å²) in [5.41, 5.74) is 3.58. The predicted molar refractivity (Wildman–Crippen MR) is 85.1 cm³/mol. The molecule has 0 amide bonds. The Morgan fingerprint density at radius 3 is 2.57 bits per heavy atom. The van der Waals surface area contributed by atoms with Crippen LogP contribution in [0.15, 0.2) is 35.4 Å². The van der Waals surface area contributed by atoms with Crippen LogP contribution in [0.25, 0.3) is 0 Å². The van der Waals surface area contributed by atoms with Crippen molar-refractivity contribution in [3.63, 3.8) is 0 Å². The largest absolute Gasteiger partial charge is 0.363 e. The van der Waals surface area contributed by atoms with Crippen LogP contribution >= 0.6 is 0 Å². The van der Waals surface area contributed by atoms with E-state index in [0.29, 0.717) is 12.2 Å². The summed E-state index contributed by atoms with van der Waals surface area (Å²) in [6.45, 7) is 4.50. The Kier molecular flexibility index (Phi) is 4.39. The van der Waals surface area contributed by atoms with Gasteiger partial charge in [0.1, 0.15) is 4.90 Å². The Morgan fingerprint density at radius 1 is 1.24 bits per heavy atom. The summed E-state index contributed by atoms with van der Waals surface area (Å²) in [5.74, 6) is 0. The minimum atomic E-state index is -3.55. The standard InChI is InChI=1S/C15H21N3O2S/c1-11-5-6-15(12(2)7-11)18(4)21(19,20)14-8-13(9-16-3)17-10-14/h5-8,10,16-17H,9H2,1-4H3. The maximum atomic E-state index is 12.7. The van der Waals surface area contributed by atoms with Gasteiger partial charge in [0.25, 0.3) is 10.0 Å². The van der Waals surface area contributed by atoms with Crippen molar-refractivity contribution < 1.29 is 8.42 Å². The number of H-pyrrole nitrogens is 1. The lowest BCUT2D eigenvalue weighted by molar-refractivity contribution is 0.594. The van der Waals surface area contributed by atoms with E-state index in [1.165, 1.54) is 10.5 Å². The van der Waals surface area contributed by atoms with Gasteiger partial charge in [0, 0.05) is 25.5 Å². The van der Waals surface area contributed by atoms with Crippen molar-refractivity contribution in [2.24, 2.45) is 0 Å². The zero-order valence-electron chi connectivity index (χ0n) is 12.8. The number of nitrogens with zero attached hydrogens (tertiary/aromatic N) is 1. The van der Waals surface area contributed by atoms with Crippen molar-refractivity contribution in [2.45, 2.75) is 25.3 Å². The fourth-order valence-electron chi connectivity index (χ4n) is 2.31. The highest BCUT2D eigenvalue weighted by molar-refractivity contribution is 7.92. The van der Waals surface area contributed by atoms with E-state index in [4.69, 9.17) is 0 Å². The van der Waals surface area contributed by atoms with Crippen LogP contribution in [0.2, 0.25) is 0 Å². The monoisotopic (exact) mass is 307 g/mol. The Balaban J connectivity index is 2.37. The van der Waals surface area contributed by atoms with Gasteiger partial charge in [-0.25, -0.2) is 8.42 Å². The molecule has 2 aromatic rings. The van der Waals surface area contributed by atoms with Crippen LogP contribution in [-0.2, 0) is 16.6 Å². The highest BCUT2D eigenvalue weighted by Gasteiger charge is 2.23. The second-order valence-corrected chi connectivity index (χ2v) is 7.12. The molecule has 114 valence electrons. The molecule has 0 aliphatic heterocycles. The van der Waals surface area contributed by atoms with Crippen molar-refractivity contribution in [1.29, 1.82) is 0 Å². The summed E-state index contributed by atoms with van der Waals surface area (Å²) in [5, 5.41) is 2.99. The molecule has 0 fully saturated rings. The molecule has 0 aliphatic carbocycles. The average molecular weight is 307 g/mol. The fraction of sp³-hybridized carbons (Fsp3) is 0.333. The lowest BCUT2D eigenvalue weighted by Crippen LogP contribution is -2.26. The summed E-state index contributed by atoms with van der Waals surface area (Å²) in [4.78, 5) is 3.25. The molecule has 2 N–H and O–H groups in total. The number of nitrogens with one attached hydrogen (secondary N) is 2. The van der Waals surface area contributed by atoms with Crippen LogP contribution in [0.4, 0.5) is 5.69 Å². The number of aryl methyl sites for hydroxylation is 2. The quantitative estimate of drug-likeness (QED) is 0.890. The molecule has 2 rings (SSSR count). The van der Waals surface area contributed by atoms with Crippen LogP contribution in [0.5, 0.6) is 0 Å². The number of rotatable bonds is 5. The minimum absolute atomic E-state index is 0.273. The first-order chi connectivity index (χ1) is 9.86. The molecule has 21 heavy (non-hydrogen) atoms. The molecule has 0 atom stereocenters. The molecule has 0 unspecified atom stereocenters. The Bertz CT molecular complexity index is 735. The molecular formula is C15H21N3O2S. The number of aromatic nitrogens is 1. The summed E-state index contributed by atoms with van der Waals surface area (Å²) in [6, 6.07) is 7.39. The normalized spacial score (nSPS) is 11.6. The molecule has 6 heteroatoms. The van der Waals surface area contributed by atoms with Gasteiger partial charge in [0.05, 0.1) is 5.69 Å². The van der Waals surface area contributed by atoms with Crippen LogP contribution in [0.1, 0.15) is 16.8 Å². The second kappa shape index (κ2) is 5.91. The zero-order chi connectivity index (χ0) is 15.6. The summed E-state index contributed by atoms with van der Waals surface area (Å²) < 4.78 is 26.7. The number of anilines is 1. The second-order valence-electron chi connectivity index (χ2n) is 5.15. The highest BCUT2D eigenvalue weighted by Crippen LogP contribution is 2.26. The summed E-state index contributed by atoms with van der Waals surface area (Å²) >= 11 is 0. The van der Waals surface area contributed by atoms with Gasteiger partial charge < -0.3 is 10.3 Å². The molecule has 0 aliphatic rings. The van der Waals surface area contributed by atoms with Crippen LogP contribution < -0.4 is 9.62 Å². The van der Waals surface area contributed by atoms with Gasteiger partial charge in [0.2, 0.25) is 0 Å². The first-order valence-electron chi connectivity index (χ1n) is 6.74. The van der Waals surface area contributed by atoms with Crippen molar-refractivity contribution >= 4 is 15.7 Å². The minimum Gasteiger partial charge on any atom is -0.363 e. The van der Waals surface area contributed by atoms with E-state index >= 15 is 0 Å². The maximum Gasteiger partial charge on any atom is 0.265 e. The molecule has 0 spiro atoms. The average Bonchev–Trinajstić information content (AvgIpc) is 2.88. The molecule has 1 heterocycles. The fourth-order valence-corrected chi connectivity index (χ4v) is 3.59. The van der Waals surface area contributed by atoms with Gasteiger partial charge in [-0.15, -0.1) is 0 Å². The van der Waals surface area contributed by atoms with E-state index in [1.54, 1.807) is 13.1 Å². The van der Waals surface area contributed by atoms with Crippen molar-refractivity contribution in [3.8, 4) is 0 Å². The third-order valence-corrected chi connectivity index (χ3v) is 5.18. The molecule has 0 saturated carbocycles. The maximum absolute atomic E-state index is 12.7. The summed E-state index contributed by atoms with van der Waals surface area (Å²) in [6.07, 6.45) is 1.53. The molecule has 0 saturated heterocycles. The van der Waals surface area contributed by atoms with Crippen LogP contribution in [0, 0.1) is 13.8 Å². The zero-order valence-corrected chi connectivity index (χ0v) is 13.6. The Morgan fingerprint density at radius 2 is 1.95 bits per heavy atom. The first-order valence-corrected chi connectivity index (χ1v) is 8.18. The van der Waals surface area contributed by atoms with E-state index in [1.807, 2.05) is 39.1 Å². The molecule has 5 nitrogen and oxygen atoms in total. The van der Waals surface area contributed by atoms with Gasteiger partial charge in [-0.05, 0) is 38.6 Å². The Labute approximate surface area is 126 Å². The molecule has 0 radical (unpaired) electrons. The number of benzene rings is 1. The lowest BCUT2D eigenvalue weighted by Gasteiger charge is -2.21. The van der Waals surface area contributed by atoms with Gasteiger partial charge in [-0.2, -0.15) is 0 Å². The lowest BCUT2D eigenvalue weighted by atomic mass is 10.1. The van der Waals surface area contributed by atoms with Crippen molar-refractivity contribution in [1.82, 2.24) is 10.3 Å². The van der Waals surface area contributed by atoms with Gasteiger partial charge in [-0.3, -0.25) is 4.31 Å². The molecule has 1 aromatic carbocycles. The molecule has 1 aromatic heterocycles. The SMILES string of the molecule is CNCc1cc(S(=O)(=O)N(C)c2ccc(C)cc2C)c[nH]1. The van der Waals surface area contributed by atoms with Crippen LogP contribution in [-0.4, -0.2) is 27.5 Å². The van der Waals surface area contributed by atoms with E-state index < -0.39 is 10.0 Å². The molecule has 0 bridgehead atoms. The molecular weight excluding hydrogens is 286 g/mol. The van der Waals surface area contributed by atoms with Crippen molar-refractivity contribution in [3.05, 3.63) is 47.3 Å². The number of hydrogen-bond donors (Lipinski definition) is 2. The van der Waals surface area contributed by atoms with E-state index in [0.717, 1.165) is 16.8 Å². The number of aromatic amines is 1. The third-order valence-electron chi connectivity index (χ3n) is 3.43. The number of hydrogen-bond acceptors (Lipinski definition) is 3. The van der Waals surface area contributed by atoms with E-state index in [2.05, 4.69) is 10.3 Å². The summed E-state index contributed by atoms with van der Waals surface area (Å²) in [7, 11) is -0.153. The highest BCUT2D eigenvalue weighted by atomic mass is 32.2. The topological polar surface area (TPSA) is 65.2 Å². The third kappa shape index (κ3) is 3.11. The predicted octanol–water partition coefficient (Wildman–Crippen LogP) is 2.18. The van der Waals surface area contributed by atoms with Gasteiger partial charge >= 0.3 is 0 Å².